The molecule has 0 fully saturated rings. The average molecular weight is 380 g/mol. The fourth-order valence-corrected chi connectivity index (χ4v) is 3.13. The zero-order chi connectivity index (χ0) is 21.0. The minimum Gasteiger partial charge on any atom is -0.496 e. The topological polar surface area (TPSA) is 45.7 Å². The highest BCUT2D eigenvalue weighted by atomic mass is 16.5. The smallest absolute Gasteiger partial charge is 0.229 e. The van der Waals surface area contributed by atoms with Crippen molar-refractivity contribution in [3.05, 3.63) is 35.7 Å². The molecule has 1 aromatic carbocycles. The molecule has 1 heterocycles. The van der Waals surface area contributed by atoms with Crippen LogP contribution in [0, 0.1) is 24.7 Å². The van der Waals surface area contributed by atoms with Gasteiger partial charge in [0.2, 0.25) is 5.91 Å². The van der Waals surface area contributed by atoms with Crippen LogP contribution in [0.1, 0.15) is 31.9 Å². The molecule has 0 saturated heterocycles. The molecule has 2 aromatic rings. The Kier molecular flexibility index (Phi) is 6.69. The van der Waals surface area contributed by atoms with Crippen molar-refractivity contribution >= 4 is 28.1 Å². The van der Waals surface area contributed by atoms with Crippen LogP contribution < -0.4 is 9.64 Å². The predicted molar refractivity (Wildman–Crippen MR) is 116 cm³/mol. The summed E-state index contributed by atoms with van der Waals surface area (Å²) in [6.45, 7) is 7.62. The molecule has 0 aliphatic heterocycles. The zero-order valence-electron chi connectivity index (χ0n) is 18.0. The highest BCUT2D eigenvalue weighted by Gasteiger charge is 2.19. The van der Waals surface area contributed by atoms with Crippen LogP contribution in [-0.2, 0) is 4.79 Å². The van der Waals surface area contributed by atoms with E-state index in [1.807, 2.05) is 65.0 Å². The van der Waals surface area contributed by atoms with Crippen LogP contribution in [0.4, 0.5) is 5.69 Å². The molecule has 5 nitrogen and oxygen atoms in total. The molecule has 0 spiro atoms. The molecule has 1 amide bonds. The minimum absolute atomic E-state index is 0.0584. The van der Waals surface area contributed by atoms with Crippen molar-refractivity contribution in [1.29, 1.82) is 0 Å². The molecule has 148 valence electrons. The number of benzene rings is 1. The van der Waals surface area contributed by atoms with Crippen LogP contribution >= 0.6 is 0 Å². The van der Waals surface area contributed by atoms with Crippen LogP contribution in [-0.4, -0.2) is 44.0 Å². The molecule has 0 aliphatic carbocycles. The molecule has 0 N–H and O–H groups in total. The number of anilines is 1. The molecule has 28 heavy (non-hydrogen) atoms. The Bertz CT molecular complexity index is 979. The first-order valence-electron chi connectivity index (χ1n) is 9.27. The van der Waals surface area contributed by atoms with Gasteiger partial charge in [-0.15, -0.1) is 5.92 Å². The Hall–Kier alpha value is -3.00. The molecule has 0 saturated carbocycles. The van der Waals surface area contributed by atoms with Gasteiger partial charge in [0.05, 0.1) is 30.1 Å². The van der Waals surface area contributed by atoms with Gasteiger partial charge in [0.15, 0.2) is 0 Å². The number of hydrogen-bond donors (Lipinski definition) is 0. The number of rotatable bonds is 5. The lowest BCUT2D eigenvalue weighted by Gasteiger charge is -2.22. The van der Waals surface area contributed by atoms with E-state index in [9.17, 15) is 4.79 Å². The summed E-state index contributed by atoms with van der Waals surface area (Å²) >= 11 is 0. The zero-order valence-corrected chi connectivity index (χ0v) is 18.0. The van der Waals surface area contributed by atoms with Crippen LogP contribution in [0.5, 0.6) is 5.75 Å². The van der Waals surface area contributed by atoms with E-state index < -0.39 is 0 Å². The highest BCUT2D eigenvalue weighted by molar-refractivity contribution is 5.99. The van der Waals surface area contributed by atoms with Gasteiger partial charge in [-0.05, 0) is 25.5 Å². The first-order chi connectivity index (χ1) is 13.2. The second-order valence-corrected chi connectivity index (χ2v) is 7.27. The molecule has 5 heteroatoms. The minimum atomic E-state index is -0.0824. The van der Waals surface area contributed by atoms with Gasteiger partial charge in [-0.1, -0.05) is 19.8 Å². The van der Waals surface area contributed by atoms with Gasteiger partial charge >= 0.3 is 0 Å². The number of carbonyl (C=O) groups is 1. The summed E-state index contributed by atoms with van der Waals surface area (Å²) in [4.78, 5) is 20.7. The molecular formula is C23H29N3O2. The highest BCUT2D eigenvalue weighted by Crippen LogP contribution is 2.34. The van der Waals surface area contributed by atoms with Crippen molar-refractivity contribution in [1.82, 2.24) is 9.88 Å². The van der Waals surface area contributed by atoms with Gasteiger partial charge in [-0.25, -0.2) is 0 Å². The van der Waals surface area contributed by atoms with E-state index in [0.717, 1.165) is 39.0 Å². The summed E-state index contributed by atoms with van der Waals surface area (Å²) in [6.07, 6.45) is 3.72. The van der Waals surface area contributed by atoms with Crippen LogP contribution in [0.25, 0.3) is 16.5 Å². The largest absolute Gasteiger partial charge is 0.496 e. The number of fused-ring (bicyclic) bond motifs is 1. The summed E-state index contributed by atoms with van der Waals surface area (Å²) in [7, 11) is 7.36. The van der Waals surface area contributed by atoms with Crippen molar-refractivity contribution in [3.63, 3.8) is 0 Å². The number of ether oxygens (including phenoxy) is 1. The number of nitrogens with zero attached hydrogens (tertiary/aromatic N) is 3. The van der Waals surface area contributed by atoms with E-state index in [1.165, 1.54) is 0 Å². The second kappa shape index (κ2) is 8.79. The van der Waals surface area contributed by atoms with Crippen molar-refractivity contribution in [2.75, 3.05) is 33.2 Å². The fraction of sp³-hybridized carbons (Fsp3) is 0.391. The van der Waals surface area contributed by atoms with E-state index in [0.29, 0.717) is 0 Å². The Labute approximate surface area is 168 Å². The van der Waals surface area contributed by atoms with Gasteiger partial charge < -0.3 is 14.5 Å². The molecular weight excluding hydrogens is 350 g/mol. The van der Waals surface area contributed by atoms with Crippen LogP contribution in [0.15, 0.2) is 24.5 Å². The lowest BCUT2D eigenvalue weighted by molar-refractivity contribution is -0.121. The van der Waals surface area contributed by atoms with E-state index >= 15 is 0 Å². The first kappa shape index (κ1) is 21.3. The first-order valence-corrected chi connectivity index (χ1v) is 9.27. The van der Waals surface area contributed by atoms with Crippen molar-refractivity contribution in [2.45, 2.75) is 27.7 Å². The number of allylic oxidation sites excluding steroid dienone is 1. The van der Waals surface area contributed by atoms with E-state index in [1.54, 1.807) is 25.3 Å². The van der Waals surface area contributed by atoms with Gasteiger partial charge in [0.25, 0.3) is 0 Å². The number of pyridine rings is 1. The van der Waals surface area contributed by atoms with Crippen molar-refractivity contribution in [2.24, 2.45) is 5.92 Å². The maximum Gasteiger partial charge on any atom is 0.229 e. The summed E-state index contributed by atoms with van der Waals surface area (Å²) in [5.74, 6) is 6.83. The Balaban J connectivity index is 2.75. The van der Waals surface area contributed by atoms with Crippen molar-refractivity contribution in [3.8, 4) is 17.6 Å². The SMILES string of the molecule is CC#C/C(=C\N(C)C)c1cc2c(C)c(N(C)C(=O)C(C)C)cnc2cc1OC. The third-order valence-electron chi connectivity index (χ3n) is 4.55. The van der Waals surface area contributed by atoms with Gasteiger partial charge in [-0.2, -0.15) is 0 Å². The average Bonchev–Trinajstić information content (AvgIpc) is 2.65. The molecule has 0 bridgehead atoms. The van der Waals surface area contributed by atoms with Gasteiger partial charge in [0.1, 0.15) is 5.75 Å². The predicted octanol–water partition coefficient (Wildman–Crippen LogP) is 4.10. The number of amides is 1. The number of methoxy groups -OCH3 is 1. The maximum atomic E-state index is 12.5. The lowest BCUT2D eigenvalue weighted by Crippen LogP contribution is -2.30. The van der Waals surface area contributed by atoms with Crippen LogP contribution in [0.3, 0.4) is 0 Å². The number of carbonyl (C=O) groups excluding carboxylic acids is 1. The molecule has 0 atom stereocenters. The van der Waals surface area contributed by atoms with E-state index in [-0.39, 0.29) is 11.8 Å². The summed E-state index contributed by atoms with van der Waals surface area (Å²) in [5.41, 5.74) is 4.39. The van der Waals surface area contributed by atoms with Gasteiger partial charge in [-0.3, -0.25) is 9.78 Å². The number of aryl methyl sites for hydroxylation is 1. The Morgan fingerprint density at radius 2 is 1.93 bits per heavy atom. The molecule has 0 radical (unpaired) electrons. The number of hydrogen-bond acceptors (Lipinski definition) is 4. The fourth-order valence-electron chi connectivity index (χ4n) is 3.13. The third-order valence-corrected chi connectivity index (χ3v) is 4.55. The van der Waals surface area contributed by atoms with Gasteiger partial charge in [0, 0.05) is 50.3 Å². The lowest BCUT2D eigenvalue weighted by atomic mass is 9.99. The third kappa shape index (κ3) is 4.28. The molecule has 2 rings (SSSR count). The van der Waals surface area contributed by atoms with Crippen LogP contribution in [0.2, 0.25) is 0 Å². The molecule has 0 unspecified atom stereocenters. The Morgan fingerprint density at radius 3 is 2.46 bits per heavy atom. The summed E-state index contributed by atoms with van der Waals surface area (Å²) in [5, 5.41) is 0.972. The molecule has 1 aromatic heterocycles. The molecule has 0 aliphatic rings. The Morgan fingerprint density at radius 1 is 1.25 bits per heavy atom. The van der Waals surface area contributed by atoms with Crippen molar-refractivity contribution < 1.29 is 9.53 Å². The summed E-state index contributed by atoms with van der Waals surface area (Å²) < 4.78 is 5.62. The normalized spacial score (nSPS) is 11.2. The quantitative estimate of drug-likeness (QED) is 0.734. The van der Waals surface area contributed by atoms with E-state index in [4.69, 9.17) is 4.74 Å². The number of aromatic nitrogens is 1. The standard InChI is InChI=1S/C23H29N3O2/c1-9-10-17(14-25(5)6)19-11-18-16(4)21(26(7)23(27)15(2)3)13-24-20(18)12-22(19)28-8/h11-15H,1-8H3/b17-14+. The van der Waals surface area contributed by atoms with E-state index in [2.05, 4.69) is 16.8 Å². The summed E-state index contributed by atoms with van der Waals surface area (Å²) in [6, 6.07) is 3.97. The second-order valence-electron chi connectivity index (χ2n) is 7.27. The maximum absolute atomic E-state index is 12.5. The monoisotopic (exact) mass is 379 g/mol.